The number of rotatable bonds is 7. The van der Waals surface area contributed by atoms with Gasteiger partial charge in [0.25, 0.3) is 0 Å². The van der Waals surface area contributed by atoms with Gasteiger partial charge in [0.1, 0.15) is 0 Å². The van der Waals surface area contributed by atoms with E-state index in [9.17, 15) is 4.79 Å². The molecule has 2 aliphatic carbocycles. The molecule has 0 radical (unpaired) electrons. The van der Waals surface area contributed by atoms with Crippen LogP contribution in [0.25, 0.3) is 0 Å². The molecule has 0 aromatic carbocycles. The van der Waals surface area contributed by atoms with Crippen LogP contribution in [0.1, 0.15) is 78.1 Å². The summed E-state index contributed by atoms with van der Waals surface area (Å²) in [5.74, 6) is 1.03. The van der Waals surface area contributed by atoms with Crippen molar-refractivity contribution in [2.24, 2.45) is 5.92 Å². The van der Waals surface area contributed by atoms with Crippen LogP contribution in [0, 0.1) is 5.92 Å². The maximum Gasteiger partial charge on any atom is 0.155 e. The molecule has 0 amide bonds. The molecule has 1 atom stereocenters. The fourth-order valence-electron chi connectivity index (χ4n) is 3.59. The lowest BCUT2D eigenvalue weighted by atomic mass is 9.84. The Kier molecular flexibility index (Phi) is 7.08. The fourth-order valence-corrected chi connectivity index (χ4v) is 3.59. The zero-order valence-corrected chi connectivity index (χ0v) is 15.0. The molecule has 0 aromatic heterocycles. The minimum Gasteiger partial charge on any atom is -0.295 e. The van der Waals surface area contributed by atoms with Crippen LogP contribution < -0.4 is 0 Å². The summed E-state index contributed by atoms with van der Waals surface area (Å²) in [5, 5.41) is 0. The van der Waals surface area contributed by atoms with Crippen molar-refractivity contribution in [1.82, 2.24) is 0 Å². The van der Waals surface area contributed by atoms with E-state index in [0.717, 1.165) is 38.5 Å². The van der Waals surface area contributed by atoms with Gasteiger partial charge in [-0.2, -0.15) is 0 Å². The molecule has 0 aliphatic heterocycles. The van der Waals surface area contributed by atoms with Crippen molar-refractivity contribution in [3.8, 4) is 0 Å². The summed E-state index contributed by atoms with van der Waals surface area (Å²) in [5.41, 5.74) is 5.80. The van der Waals surface area contributed by atoms with Crippen molar-refractivity contribution in [2.75, 3.05) is 0 Å². The van der Waals surface area contributed by atoms with Gasteiger partial charge in [0, 0.05) is 6.42 Å². The van der Waals surface area contributed by atoms with Gasteiger partial charge in [-0.25, -0.2) is 0 Å². The van der Waals surface area contributed by atoms with Gasteiger partial charge in [0.2, 0.25) is 0 Å². The van der Waals surface area contributed by atoms with Crippen LogP contribution in [0.3, 0.4) is 0 Å². The summed E-state index contributed by atoms with van der Waals surface area (Å²) in [6, 6.07) is 0. The maximum absolute atomic E-state index is 11.4. The SMILES string of the molecule is C=C(C)C1CC=C(CC/C=C(\C)CCC2=CC(=O)CCC2)CC1. The van der Waals surface area contributed by atoms with E-state index >= 15 is 0 Å². The van der Waals surface area contributed by atoms with Crippen molar-refractivity contribution in [3.05, 3.63) is 47.1 Å². The predicted octanol–water partition coefficient (Wildman–Crippen LogP) is 6.48. The molecular formula is C22H32O. The highest BCUT2D eigenvalue weighted by Crippen LogP contribution is 2.30. The van der Waals surface area contributed by atoms with Crippen LogP contribution in [-0.4, -0.2) is 5.78 Å². The van der Waals surface area contributed by atoms with E-state index < -0.39 is 0 Å². The molecule has 0 saturated carbocycles. The van der Waals surface area contributed by atoms with Gasteiger partial charge in [-0.3, -0.25) is 4.79 Å². The lowest BCUT2D eigenvalue weighted by Gasteiger charge is -2.22. The third-order valence-electron chi connectivity index (χ3n) is 5.29. The summed E-state index contributed by atoms with van der Waals surface area (Å²) in [7, 11) is 0. The van der Waals surface area contributed by atoms with Gasteiger partial charge in [-0.15, -0.1) is 0 Å². The van der Waals surface area contributed by atoms with Gasteiger partial charge >= 0.3 is 0 Å². The Balaban J connectivity index is 1.69. The molecular weight excluding hydrogens is 280 g/mol. The zero-order chi connectivity index (χ0) is 16.7. The Morgan fingerprint density at radius 2 is 2.04 bits per heavy atom. The van der Waals surface area contributed by atoms with Crippen LogP contribution >= 0.6 is 0 Å². The highest BCUT2D eigenvalue weighted by molar-refractivity contribution is 5.91. The highest BCUT2D eigenvalue weighted by Gasteiger charge is 2.14. The normalized spacial score (nSPS) is 22.6. The third kappa shape index (κ3) is 6.33. The van der Waals surface area contributed by atoms with Gasteiger partial charge in [0.05, 0.1) is 0 Å². The molecule has 0 aromatic rings. The summed E-state index contributed by atoms with van der Waals surface area (Å²) in [4.78, 5) is 11.4. The van der Waals surface area contributed by atoms with E-state index in [1.165, 1.54) is 42.4 Å². The van der Waals surface area contributed by atoms with Crippen molar-refractivity contribution < 1.29 is 4.79 Å². The standard InChI is InChI=1S/C22H32O/c1-17(2)21-14-12-19(13-15-21)7-4-6-18(3)10-11-20-8-5-9-22(23)16-20/h6,12,16,21H,1,4-5,7-11,13-15H2,2-3H3/b18-6+. The monoisotopic (exact) mass is 312 g/mol. The Morgan fingerprint density at radius 1 is 1.22 bits per heavy atom. The summed E-state index contributed by atoms with van der Waals surface area (Å²) in [6.07, 6.45) is 17.9. The molecule has 0 spiro atoms. The summed E-state index contributed by atoms with van der Waals surface area (Å²) in [6.45, 7) is 8.48. The third-order valence-corrected chi connectivity index (χ3v) is 5.29. The van der Waals surface area contributed by atoms with Crippen molar-refractivity contribution in [1.29, 1.82) is 0 Å². The first-order chi connectivity index (χ1) is 11.0. The molecule has 23 heavy (non-hydrogen) atoms. The lowest BCUT2D eigenvalue weighted by Crippen LogP contribution is -2.06. The van der Waals surface area contributed by atoms with Crippen LogP contribution in [0.4, 0.5) is 0 Å². The quantitative estimate of drug-likeness (QED) is 0.492. The molecule has 0 bridgehead atoms. The maximum atomic E-state index is 11.4. The summed E-state index contributed by atoms with van der Waals surface area (Å²) >= 11 is 0. The molecule has 0 fully saturated rings. The minimum absolute atomic E-state index is 0.324. The van der Waals surface area contributed by atoms with Gasteiger partial charge in [-0.1, -0.05) is 41.0 Å². The molecule has 1 heteroatoms. The number of carbonyl (C=O) groups is 1. The molecule has 0 saturated heterocycles. The Hall–Kier alpha value is -1.37. The number of carbonyl (C=O) groups excluding carboxylic acids is 1. The predicted molar refractivity (Wildman–Crippen MR) is 99.4 cm³/mol. The second-order valence-electron chi connectivity index (χ2n) is 7.39. The first-order valence-corrected chi connectivity index (χ1v) is 9.26. The minimum atomic E-state index is 0.324. The first-order valence-electron chi connectivity index (χ1n) is 9.26. The van der Waals surface area contributed by atoms with Gasteiger partial charge in [-0.05, 0) is 83.6 Å². The lowest BCUT2D eigenvalue weighted by molar-refractivity contribution is -0.115. The first kappa shape index (κ1) is 18.0. The van der Waals surface area contributed by atoms with E-state index in [1.54, 1.807) is 5.57 Å². The highest BCUT2D eigenvalue weighted by atomic mass is 16.1. The number of hydrogen-bond donors (Lipinski definition) is 0. The van der Waals surface area contributed by atoms with Crippen molar-refractivity contribution in [3.63, 3.8) is 0 Å². The average molecular weight is 312 g/mol. The average Bonchev–Trinajstić information content (AvgIpc) is 2.53. The van der Waals surface area contributed by atoms with E-state index in [0.29, 0.717) is 11.7 Å². The van der Waals surface area contributed by atoms with Crippen LogP contribution in [-0.2, 0) is 4.79 Å². The molecule has 1 nitrogen and oxygen atoms in total. The van der Waals surface area contributed by atoms with E-state index in [-0.39, 0.29) is 0 Å². The van der Waals surface area contributed by atoms with Gasteiger partial charge in [0.15, 0.2) is 5.78 Å². The fraction of sp³-hybridized carbons (Fsp3) is 0.591. The molecule has 0 N–H and O–H groups in total. The van der Waals surface area contributed by atoms with E-state index in [4.69, 9.17) is 0 Å². The largest absolute Gasteiger partial charge is 0.295 e. The number of ketones is 1. The second-order valence-corrected chi connectivity index (χ2v) is 7.39. The van der Waals surface area contributed by atoms with Gasteiger partial charge < -0.3 is 0 Å². The topological polar surface area (TPSA) is 17.1 Å². The van der Waals surface area contributed by atoms with E-state index in [2.05, 4.69) is 32.6 Å². The molecule has 126 valence electrons. The van der Waals surface area contributed by atoms with Crippen LogP contribution in [0.5, 0.6) is 0 Å². The number of allylic oxidation sites excluding steroid dienone is 7. The Morgan fingerprint density at radius 3 is 2.70 bits per heavy atom. The Labute approximate surface area is 142 Å². The van der Waals surface area contributed by atoms with Crippen molar-refractivity contribution in [2.45, 2.75) is 78.1 Å². The molecule has 2 rings (SSSR count). The second kappa shape index (κ2) is 9.05. The summed E-state index contributed by atoms with van der Waals surface area (Å²) < 4.78 is 0. The Bertz CT molecular complexity index is 530. The van der Waals surface area contributed by atoms with Crippen LogP contribution in [0.2, 0.25) is 0 Å². The zero-order valence-electron chi connectivity index (χ0n) is 15.0. The molecule has 0 heterocycles. The van der Waals surface area contributed by atoms with Crippen molar-refractivity contribution >= 4 is 5.78 Å². The number of hydrogen-bond acceptors (Lipinski definition) is 1. The smallest absolute Gasteiger partial charge is 0.155 e. The van der Waals surface area contributed by atoms with Crippen LogP contribution in [0.15, 0.2) is 47.1 Å². The van der Waals surface area contributed by atoms with E-state index in [1.807, 2.05) is 6.08 Å². The molecule has 1 unspecified atom stereocenters. The molecule has 2 aliphatic rings.